The fourth-order valence-electron chi connectivity index (χ4n) is 1.89. The molecule has 1 aliphatic rings. The number of carbonyl (C=O) groups is 2. The van der Waals surface area contributed by atoms with Crippen molar-refractivity contribution in [3.63, 3.8) is 0 Å². The van der Waals surface area contributed by atoms with Crippen LogP contribution in [-0.2, 0) is 19.4 Å². The average molecular weight is 236 g/mol. The van der Waals surface area contributed by atoms with Gasteiger partial charge in [0.2, 0.25) is 0 Å². The molecule has 1 fully saturated rings. The summed E-state index contributed by atoms with van der Waals surface area (Å²) in [6, 6.07) is 0. The molecule has 0 bridgehead atoms. The molecule has 0 aromatic carbocycles. The van der Waals surface area contributed by atoms with Crippen LogP contribution in [0, 0.1) is 11.8 Å². The predicted molar refractivity (Wildman–Crippen MR) is 50.1 cm³/mol. The third-order valence-corrected chi connectivity index (χ3v) is 4.35. The molecule has 7 heteroatoms. The minimum Gasteiger partial charge on any atom is -0.481 e. The van der Waals surface area contributed by atoms with Gasteiger partial charge in [-0.1, -0.05) is 0 Å². The summed E-state index contributed by atoms with van der Waals surface area (Å²) in [6.07, 6.45) is -0.561. The van der Waals surface area contributed by atoms with Gasteiger partial charge in [-0.15, -0.1) is 0 Å². The van der Waals surface area contributed by atoms with Crippen LogP contribution >= 0.6 is 0 Å². The van der Waals surface area contributed by atoms with Gasteiger partial charge in [0.25, 0.3) is 0 Å². The molecular formula is C8H12O6S. The van der Waals surface area contributed by atoms with Gasteiger partial charge in [-0.05, 0) is 11.8 Å². The van der Waals surface area contributed by atoms with E-state index in [1.54, 1.807) is 0 Å². The molecule has 0 saturated carbocycles. The van der Waals surface area contributed by atoms with E-state index in [-0.39, 0.29) is 24.3 Å². The second-order valence-corrected chi connectivity index (χ2v) is 5.95. The second kappa shape index (κ2) is 4.18. The molecular weight excluding hydrogens is 224 g/mol. The average Bonchev–Trinajstić information content (AvgIpc) is 2.22. The Balaban J connectivity index is 2.74. The molecule has 1 saturated heterocycles. The Kier molecular flexibility index (Phi) is 3.33. The Morgan fingerprint density at radius 3 is 1.60 bits per heavy atom. The van der Waals surface area contributed by atoms with Crippen molar-refractivity contribution in [3.05, 3.63) is 0 Å². The number of carboxylic acids is 2. The molecule has 0 aromatic rings. The number of hydrogen-bond acceptors (Lipinski definition) is 4. The van der Waals surface area contributed by atoms with E-state index in [0.717, 1.165) is 0 Å². The molecule has 6 nitrogen and oxygen atoms in total. The van der Waals surface area contributed by atoms with Gasteiger partial charge in [0.15, 0.2) is 9.84 Å². The summed E-state index contributed by atoms with van der Waals surface area (Å²) in [5, 5.41) is 17.1. The molecule has 0 aliphatic carbocycles. The van der Waals surface area contributed by atoms with Crippen LogP contribution in [0.3, 0.4) is 0 Å². The van der Waals surface area contributed by atoms with E-state index >= 15 is 0 Å². The Hall–Kier alpha value is -1.11. The van der Waals surface area contributed by atoms with Gasteiger partial charge in [-0.3, -0.25) is 9.59 Å². The minimum atomic E-state index is -3.26. The lowest BCUT2D eigenvalue weighted by Crippen LogP contribution is -2.19. The Bertz CT molecular complexity index is 341. The van der Waals surface area contributed by atoms with E-state index in [1.165, 1.54) is 0 Å². The molecule has 0 amide bonds. The van der Waals surface area contributed by atoms with E-state index < -0.39 is 33.6 Å². The van der Waals surface area contributed by atoms with Crippen LogP contribution in [0.25, 0.3) is 0 Å². The molecule has 1 rings (SSSR count). The molecule has 1 heterocycles. The maximum absolute atomic E-state index is 11.2. The lowest BCUT2D eigenvalue weighted by atomic mass is 9.90. The van der Waals surface area contributed by atoms with Crippen LogP contribution in [0.2, 0.25) is 0 Å². The summed E-state index contributed by atoms with van der Waals surface area (Å²) in [4.78, 5) is 20.9. The summed E-state index contributed by atoms with van der Waals surface area (Å²) in [7, 11) is -3.26. The van der Waals surface area contributed by atoms with Crippen molar-refractivity contribution in [3.8, 4) is 0 Å². The van der Waals surface area contributed by atoms with E-state index in [9.17, 15) is 18.0 Å². The molecule has 0 radical (unpaired) electrons. The first-order valence-corrected chi connectivity index (χ1v) is 6.26. The Morgan fingerprint density at radius 2 is 1.33 bits per heavy atom. The lowest BCUT2D eigenvalue weighted by Gasteiger charge is -2.12. The summed E-state index contributed by atoms with van der Waals surface area (Å²) in [6.45, 7) is 0. The zero-order valence-electron chi connectivity index (χ0n) is 7.92. The highest BCUT2D eigenvalue weighted by Crippen LogP contribution is 2.30. The largest absolute Gasteiger partial charge is 0.481 e. The van der Waals surface area contributed by atoms with Crippen molar-refractivity contribution in [2.24, 2.45) is 11.8 Å². The lowest BCUT2D eigenvalue weighted by molar-refractivity contribution is -0.141. The van der Waals surface area contributed by atoms with Gasteiger partial charge in [-0.25, -0.2) is 8.42 Å². The quantitative estimate of drug-likeness (QED) is 0.687. The maximum atomic E-state index is 11.2. The molecule has 0 aromatic heterocycles. The van der Waals surface area contributed by atoms with Gasteiger partial charge in [0.05, 0.1) is 11.5 Å². The van der Waals surface area contributed by atoms with Crippen molar-refractivity contribution >= 4 is 21.8 Å². The number of rotatable bonds is 4. The highest BCUT2D eigenvalue weighted by molar-refractivity contribution is 7.91. The van der Waals surface area contributed by atoms with Crippen LogP contribution in [0.15, 0.2) is 0 Å². The second-order valence-electron chi connectivity index (χ2n) is 3.79. The molecule has 86 valence electrons. The van der Waals surface area contributed by atoms with Crippen LogP contribution in [0.1, 0.15) is 12.8 Å². The summed E-state index contributed by atoms with van der Waals surface area (Å²) in [5.74, 6) is -3.73. The topological polar surface area (TPSA) is 109 Å². The smallest absolute Gasteiger partial charge is 0.303 e. The number of aliphatic carboxylic acids is 2. The van der Waals surface area contributed by atoms with Crippen molar-refractivity contribution < 1.29 is 28.2 Å². The van der Waals surface area contributed by atoms with E-state index in [4.69, 9.17) is 10.2 Å². The number of hydrogen-bond donors (Lipinski definition) is 2. The third-order valence-electron chi connectivity index (χ3n) is 2.48. The first-order valence-electron chi connectivity index (χ1n) is 4.44. The van der Waals surface area contributed by atoms with Gasteiger partial charge < -0.3 is 10.2 Å². The Labute approximate surface area is 86.8 Å². The monoisotopic (exact) mass is 236 g/mol. The molecule has 0 spiro atoms. The molecule has 15 heavy (non-hydrogen) atoms. The van der Waals surface area contributed by atoms with E-state index in [2.05, 4.69) is 0 Å². The van der Waals surface area contributed by atoms with E-state index in [1.807, 2.05) is 0 Å². The van der Waals surface area contributed by atoms with Crippen LogP contribution in [0.5, 0.6) is 0 Å². The zero-order chi connectivity index (χ0) is 11.6. The molecule has 2 atom stereocenters. The van der Waals surface area contributed by atoms with Crippen molar-refractivity contribution in [1.29, 1.82) is 0 Å². The van der Waals surface area contributed by atoms with E-state index in [0.29, 0.717) is 0 Å². The first kappa shape index (κ1) is 12.0. The zero-order valence-corrected chi connectivity index (χ0v) is 8.74. The summed E-state index contributed by atoms with van der Waals surface area (Å²) >= 11 is 0. The van der Waals surface area contributed by atoms with Gasteiger partial charge in [0.1, 0.15) is 0 Å². The third kappa shape index (κ3) is 3.50. The van der Waals surface area contributed by atoms with Crippen molar-refractivity contribution in [2.75, 3.05) is 11.5 Å². The molecule has 1 aliphatic heterocycles. The van der Waals surface area contributed by atoms with Crippen LogP contribution < -0.4 is 0 Å². The number of sulfone groups is 1. The maximum Gasteiger partial charge on any atom is 0.303 e. The van der Waals surface area contributed by atoms with Gasteiger partial charge in [-0.2, -0.15) is 0 Å². The highest BCUT2D eigenvalue weighted by Gasteiger charge is 2.39. The SMILES string of the molecule is O=C(O)CC1CS(=O)(=O)CC1CC(=O)O. The molecule has 2 N–H and O–H groups in total. The standard InChI is InChI=1S/C8H12O6S/c9-7(10)1-5-3-15(13,14)4-6(5)2-8(11)12/h5-6H,1-4H2,(H,9,10)(H,11,12). The first-order chi connectivity index (χ1) is 6.80. The van der Waals surface area contributed by atoms with Crippen molar-refractivity contribution in [1.82, 2.24) is 0 Å². The van der Waals surface area contributed by atoms with Crippen LogP contribution in [0.4, 0.5) is 0 Å². The van der Waals surface area contributed by atoms with Gasteiger partial charge in [0, 0.05) is 12.8 Å². The fraction of sp³-hybridized carbons (Fsp3) is 0.750. The fourth-order valence-corrected chi connectivity index (χ4v) is 4.11. The number of carboxylic acid groups (broad SMARTS) is 2. The normalized spacial score (nSPS) is 28.8. The summed E-state index contributed by atoms with van der Waals surface area (Å²) in [5.41, 5.74) is 0. The minimum absolute atomic E-state index is 0.211. The summed E-state index contributed by atoms with van der Waals surface area (Å²) < 4.78 is 22.5. The predicted octanol–water partition coefficient (Wildman–Crippen LogP) is -0.403. The van der Waals surface area contributed by atoms with Gasteiger partial charge >= 0.3 is 11.9 Å². The van der Waals surface area contributed by atoms with Crippen LogP contribution in [-0.4, -0.2) is 42.1 Å². The molecule has 2 unspecified atom stereocenters. The highest BCUT2D eigenvalue weighted by atomic mass is 32.2. The Morgan fingerprint density at radius 1 is 1.00 bits per heavy atom. The van der Waals surface area contributed by atoms with Crippen molar-refractivity contribution in [2.45, 2.75) is 12.8 Å².